The van der Waals surface area contributed by atoms with Gasteiger partial charge in [-0.15, -0.1) is 0 Å². The Morgan fingerprint density at radius 3 is 1.55 bits per heavy atom. The Labute approximate surface area is 432 Å². The number of para-hydroxylation sites is 3. The third-order valence-electron chi connectivity index (χ3n) is 15.6. The number of furan rings is 1. The Morgan fingerprint density at radius 2 is 0.867 bits per heavy atom. The first-order valence-electron chi connectivity index (χ1n) is 25.8. The fourth-order valence-electron chi connectivity index (χ4n) is 12.2. The van der Waals surface area contributed by atoms with E-state index < -0.39 is 0 Å². The molecule has 0 bridgehead atoms. The lowest BCUT2D eigenvalue weighted by atomic mass is 9.91. The average molecular weight is 958 g/mol. The van der Waals surface area contributed by atoms with Gasteiger partial charge < -0.3 is 8.98 Å². The second kappa shape index (κ2) is 16.9. The van der Waals surface area contributed by atoms with Crippen LogP contribution in [-0.4, -0.2) is 15.0 Å². The molecule has 3 aromatic heterocycles. The van der Waals surface area contributed by atoms with Crippen molar-refractivity contribution in [1.29, 1.82) is 0 Å². The molecule has 0 unspecified atom stereocenters. The lowest BCUT2D eigenvalue weighted by Crippen LogP contribution is -2.07. The van der Waals surface area contributed by atoms with Crippen molar-refractivity contribution in [1.82, 2.24) is 9.13 Å². The van der Waals surface area contributed by atoms with Gasteiger partial charge in [0.25, 0.3) is 0 Å². The molecule has 0 fully saturated rings. The molecule has 4 heteroatoms. The van der Waals surface area contributed by atoms with E-state index in [1.54, 1.807) is 0 Å². The highest BCUT2D eigenvalue weighted by molar-refractivity contribution is 6.19. The SMILES string of the molecule is C/C=C(/C=C(\N=C(C)n1c2ccccc2c2cc(-c3ccc4c(c3)c3ccccc3n4-c3ccc4oc5ccccc5c4c3)ccc21)c1cc2ccccc2c2ccccc12)c1cc2ccccc2c2ccccc12. The summed E-state index contributed by atoms with van der Waals surface area (Å²) >= 11 is 0. The summed E-state index contributed by atoms with van der Waals surface area (Å²) < 4.78 is 11.0. The van der Waals surface area contributed by atoms with Gasteiger partial charge in [0.2, 0.25) is 0 Å². The maximum absolute atomic E-state index is 6.23. The van der Waals surface area contributed by atoms with E-state index in [0.717, 1.165) is 77.8 Å². The van der Waals surface area contributed by atoms with Gasteiger partial charge in [-0.3, -0.25) is 4.57 Å². The molecule has 0 saturated carbocycles. The van der Waals surface area contributed by atoms with E-state index in [1.165, 1.54) is 75.9 Å². The smallest absolute Gasteiger partial charge is 0.135 e. The van der Waals surface area contributed by atoms with E-state index in [9.17, 15) is 0 Å². The molecule has 3 heterocycles. The predicted molar refractivity (Wildman–Crippen MR) is 320 cm³/mol. The molecule has 352 valence electrons. The molecular formula is C71H47N3O. The predicted octanol–water partition coefficient (Wildman–Crippen LogP) is 19.5. The number of allylic oxidation sites excluding steroid dienone is 3. The maximum Gasteiger partial charge on any atom is 0.135 e. The summed E-state index contributed by atoms with van der Waals surface area (Å²) in [6.07, 6.45) is 4.55. The Morgan fingerprint density at radius 1 is 0.387 bits per heavy atom. The first kappa shape index (κ1) is 42.9. The number of fused-ring (bicyclic) bond motifs is 15. The molecule has 0 N–H and O–H groups in total. The second-order valence-corrected chi connectivity index (χ2v) is 19.8. The highest BCUT2D eigenvalue weighted by Gasteiger charge is 2.20. The fourth-order valence-corrected chi connectivity index (χ4v) is 12.2. The number of hydrogen-bond acceptors (Lipinski definition) is 2. The van der Waals surface area contributed by atoms with Crippen LogP contribution in [0.3, 0.4) is 0 Å². The van der Waals surface area contributed by atoms with Gasteiger partial charge >= 0.3 is 0 Å². The molecule has 0 saturated heterocycles. The summed E-state index contributed by atoms with van der Waals surface area (Å²) in [5.74, 6) is 0.882. The van der Waals surface area contributed by atoms with Gasteiger partial charge in [0.05, 0.1) is 27.8 Å². The standard InChI is InChI=1S/C71H47N3O/c1-3-45(60-40-48-18-4-6-20-51(48)53-22-8-10-24-55(53)60)42-65(61-41-49-19-5-7-21-52(49)54-23-9-11-25-56(54)61)72-44(2)73-66-29-15-12-26-57(66)62-38-46(32-35-68(62)73)47-33-36-69-63(39-47)58-27-13-16-30-67(58)74(69)50-34-37-71-64(43-50)59-28-14-17-31-70(59)75-71/h3-43H,1-2H3/b45-3-,65-42-,72-44?. The lowest BCUT2D eigenvalue weighted by molar-refractivity contribution is 0.669. The zero-order valence-corrected chi connectivity index (χ0v) is 41.4. The summed E-state index contributed by atoms with van der Waals surface area (Å²) in [7, 11) is 0. The molecule has 15 aromatic rings. The molecule has 0 atom stereocenters. The molecule has 0 radical (unpaired) electrons. The van der Waals surface area contributed by atoms with Crippen molar-refractivity contribution < 1.29 is 4.42 Å². The largest absolute Gasteiger partial charge is 0.456 e. The highest BCUT2D eigenvalue weighted by atomic mass is 16.3. The third-order valence-corrected chi connectivity index (χ3v) is 15.6. The van der Waals surface area contributed by atoms with E-state index in [-0.39, 0.29) is 0 Å². The summed E-state index contributed by atoms with van der Waals surface area (Å²) in [6.45, 7) is 4.31. The first-order chi connectivity index (χ1) is 37.1. The van der Waals surface area contributed by atoms with Crippen LogP contribution >= 0.6 is 0 Å². The quantitative estimate of drug-likeness (QED) is 0.0708. The van der Waals surface area contributed by atoms with E-state index >= 15 is 0 Å². The van der Waals surface area contributed by atoms with E-state index in [1.807, 2.05) is 12.1 Å². The van der Waals surface area contributed by atoms with Gasteiger partial charge in [-0.25, -0.2) is 4.99 Å². The second-order valence-electron chi connectivity index (χ2n) is 19.8. The van der Waals surface area contributed by atoms with Crippen LogP contribution in [0.5, 0.6) is 0 Å². The molecule has 12 aromatic carbocycles. The number of benzene rings is 12. The zero-order valence-electron chi connectivity index (χ0n) is 41.4. The van der Waals surface area contributed by atoms with Crippen LogP contribution < -0.4 is 0 Å². The minimum Gasteiger partial charge on any atom is -0.456 e. The number of hydrogen-bond donors (Lipinski definition) is 0. The number of nitrogens with zero attached hydrogens (tertiary/aromatic N) is 3. The topological polar surface area (TPSA) is 35.4 Å². The van der Waals surface area contributed by atoms with Crippen molar-refractivity contribution in [3.63, 3.8) is 0 Å². The molecule has 75 heavy (non-hydrogen) atoms. The monoisotopic (exact) mass is 957 g/mol. The number of aliphatic imine (C=N–C) groups is 1. The van der Waals surface area contributed by atoms with Crippen molar-refractivity contribution >= 4 is 126 Å². The van der Waals surface area contributed by atoms with Crippen LogP contribution in [-0.2, 0) is 0 Å². The summed E-state index contributed by atoms with van der Waals surface area (Å²) in [5, 5.41) is 16.7. The lowest BCUT2D eigenvalue weighted by Gasteiger charge is -2.16. The van der Waals surface area contributed by atoms with Crippen molar-refractivity contribution in [2.75, 3.05) is 0 Å². The van der Waals surface area contributed by atoms with Gasteiger partial charge in [0.15, 0.2) is 0 Å². The third kappa shape index (κ3) is 6.73. The van der Waals surface area contributed by atoms with Gasteiger partial charge in [0.1, 0.15) is 17.0 Å². The summed E-state index contributed by atoms with van der Waals surface area (Å²) in [4.78, 5) is 5.79. The summed E-state index contributed by atoms with van der Waals surface area (Å²) in [5.41, 5.74) is 14.1. The van der Waals surface area contributed by atoms with E-state index in [2.05, 4.69) is 260 Å². The molecule has 0 spiro atoms. The Hall–Kier alpha value is -9.77. The molecular weight excluding hydrogens is 911 g/mol. The van der Waals surface area contributed by atoms with E-state index in [0.29, 0.717) is 0 Å². The molecule has 0 amide bonds. The molecule has 4 nitrogen and oxygen atoms in total. The Bertz CT molecular complexity index is 4980. The fraction of sp³-hybridized carbons (Fsp3) is 0.0282. The molecule has 0 aliphatic heterocycles. The molecule has 0 aliphatic carbocycles. The highest BCUT2D eigenvalue weighted by Crippen LogP contribution is 2.41. The van der Waals surface area contributed by atoms with Crippen LogP contribution in [0, 0.1) is 0 Å². The van der Waals surface area contributed by atoms with Gasteiger partial charge in [-0.1, -0.05) is 170 Å². The van der Waals surface area contributed by atoms with Gasteiger partial charge in [-0.05, 0) is 158 Å². The molecule has 0 aliphatic rings. The summed E-state index contributed by atoms with van der Waals surface area (Å²) in [6, 6.07) is 85.9. The Balaban J connectivity index is 0.899. The minimum atomic E-state index is 0.882. The average Bonchev–Trinajstić information content (AvgIpc) is 4.14. The van der Waals surface area contributed by atoms with Crippen molar-refractivity contribution in [2.24, 2.45) is 4.99 Å². The van der Waals surface area contributed by atoms with Crippen molar-refractivity contribution in [3.05, 3.63) is 260 Å². The van der Waals surface area contributed by atoms with E-state index in [4.69, 9.17) is 9.41 Å². The van der Waals surface area contributed by atoms with Crippen LogP contribution in [0.15, 0.2) is 258 Å². The van der Waals surface area contributed by atoms with Crippen LogP contribution in [0.4, 0.5) is 0 Å². The number of aromatic nitrogens is 2. The Kier molecular flexibility index (Phi) is 9.67. The number of rotatable bonds is 6. The van der Waals surface area contributed by atoms with Crippen LogP contribution in [0.1, 0.15) is 25.0 Å². The normalized spacial score (nSPS) is 12.9. The first-order valence-corrected chi connectivity index (χ1v) is 25.8. The molecule has 15 rings (SSSR count). The minimum absolute atomic E-state index is 0.882. The van der Waals surface area contributed by atoms with Crippen LogP contribution in [0.2, 0.25) is 0 Å². The van der Waals surface area contributed by atoms with Crippen molar-refractivity contribution in [2.45, 2.75) is 13.8 Å². The maximum atomic E-state index is 6.23. The van der Waals surface area contributed by atoms with Gasteiger partial charge in [0, 0.05) is 43.6 Å². The zero-order chi connectivity index (χ0) is 49.7. The van der Waals surface area contributed by atoms with Crippen LogP contribution in [0.25, 0.3) is 137 Å². The van der Waals surface area contributed by atoms with Gasteiger partial charge in [-0.2, -0.15) is 0 Å². The van der Waals surface area contributed by atoms with Crippen molar-refractivity contribution in [3.8, 4) is 16.8 Å².